The number of esters is 1. The van der Waals surface area contributed by atoms with E-state index in [2.05, 4.69) is 6.92 Å². The Morgan fingerprint density at radius 1 is 1.00 bits per heavy atom. The van der Waals surface area contributed by atoms with Crippen molar-refractivity contribution in [3.63, 3.8) is 0 Å². The number of carbonyl (C=O) groups excluding carboxylic acids is 1. The highest BCUT2D eigenvalue weighted by Crippen LogP contribution is 2.23. The summed E-state index contributed by atoms with van der Waals surface area (Å²) in [5, 5.41) is 28.6. The Balaban J connectivity index is 1.93. The SMILES string of the molecule is CCCCCCCCCCCCSC[C@H](O)[C@H]1OC(=O)C(O)=C1O. The molecular weight excluding hydrogens is 328 g/mol. The van der Waals surface area contributed by atoms with E-state index in [1.54, 1.807) is 11.8 Å². The van der Waals surface area contributed by atoms with Crippen molar-refractivity contribution in [2.24, 2.45) is 0 Å². The van der Waals surface area contributed by atoms with Gasteiger partial charge in [-0.1, -0.05) is 64.7 Å². The number of aliphatic hydroxyl groups excluding tert-OH is 3. The van der Waals surface area contributed by atoms with Gasteiger partial charge in [0.05, 0.1) is 0 Å². The lowest BCUT2D eigenvalue weighted by molar-refractivity contribution is -0.146. The molecule has 6 heteroatoms. The number of ether oxygens (including phenoxy) is 1. The van der Waals surface area contributed by atoms with Gasteiger partial charge in [-0.15, -0.1) is 0 Å². The van der Waals surface area contributed by atoms with E-state index in [9.17, 15) is 20.1 Å². The van der Waals surface area contributed by atoms with E-state index in [0.29, 0.717) is 5.75 Å². The number of carbonyl (C=O) groups is 1. The number of aliphatic hydroxyl groups is 3. The van der Waals surface area contributed by atoms with Gasteiger partial charge in [0.2, 0.25) is 5.76 Å². The lowest BCUT2D eigenvalue weighted by Crippen LogP contribution is -2.30. The van der Waals surface area contributed by atoms with E-state index >= 15 is 0 Å². The Labute approximate surface area is 149 Å². The van der Waals surface area contributed by atoms with Crippen LogP contribution in [0, 0.1) is 0 Å². The van der Waals surface area contributed by atoms with E-state index in [0.717, 1.165) is 12.2 Å². The maximum Gasteiger partial charge on any atom is 0.377 e. The number of rotatable bonds is 14. The number of hydrogen-bond donors (Lipinski definition) is 3. The standard InChI is InChI=1S/C18H32O5S/c1-2-3-4-5-6-7-8-9-10-11-12-24-13-14(19)17-15(20)16(21)18(22)23-17/h14,17,19-21H,2-13H2,1H3/t14-,17+/m0/s1. The van der Waals surface area contributed by atoms with Crippen LogP contribution in [0.5, 0.6) is 0 Å². The van der Waals surface area contributed by atoms with Crippen LogP contribution >= 0.6 is 11.8 Å². The molecule has 0 radical (unpaired) electrons. The highest BCUT2D eigenvalue weighted by Gasteiger charge is 2.38. The minimum Gasteiger partial charge on any atom is -0.505 e. The van der Waals surface area contributed by atoms with Crippen molar-refractivity contribution < 1.29 is 24.9 Å². The molecule has 140 valence electrons. The van der Waals surface area contributed by atoms with Gasteiger partial charge in [-0.25, -0.2) is 4.79 Å². The monoisotopic (exact) mass is 360 g/mol. The second-order valence-corrected chi connectivity index (χ2v) is 7.53. The first kappa shape index (κ1) is 21.2. The average Bonchev–Trinajstić information content (AvgIpc) is 2.83. The van der Waals surface area contributed by atoms with Crippen molar-refractivity contribution in [3.05, 3.63) is 11.5 Å². The number of unbranched alkanes of at least 4 members (excludes halogenated alkanes) is 9. The predicted molar refractivity (Wildman–Crippen MR) is 97.3 cm³/mol. The van der Waals surface area contributed by atoms with Crippen molar-refractivity contribution in [1.82, 2.24) is 0 Å². The summed E-state index contributed by atoms with van der Waals surface area (Å²) in [7, 11) is 0. The Morgan fingerprint density at radius 3 is 2.04 bits per heavy atom. The fraction of sp³-hybridized carbons (Fsp3) is 0.833. The third-order valence-corrected chi connectivity index (χ3v) is 5.37. The Kier molecular flexibility index (Phi) is 11.0. The minimum atomic E-state index is -1.13. The Bertz CT molecular complexity index is 397. The zero-order chi connectivity index (χ0) is 17.8. The first-order chi connectivity index (χ1) is 11.6. The van der Waals surface area contributed by atoms with Gasteiger partial charge in [0, 0.05) is 5.75 Å². The van der Waals surface area contributed by atoms with Crippen LogP contribution in [0.15, 0.2) is 11.5 Å². The summed E-state index contributed by atoms with van der Waals surface area (Å²) >= 11 is 1.57. The molecule has 1 aliphatic heterocycles. The molecule has 0 aliphatic carbocycles. The summed E-state index contributed by atoms with van der Waals surface area (Å²) < 4.78 is 4.73. The molecule has 0 aromatic rings. The molecule has 0 fully saturated rings. The van der Waals surface area contributed by atoms with Crippen LogP contribution in [0.25, 0.3) is 0 Å². The minimum absolute atomic E-state index is 0.368. The molecule has 0 amide bonds. The second-order valence-electron chi connectivity index (χ2n) is 6.38. The quantitative estimate of drug-likeness (QED) is 0.317. The Morgan fingerprint density at radius 2 is 1.54 bits per heavy atom. The highest BCUT2D eigenvalue weighted by atomic mass is 32.2. The van der Waals surface area contributed by atoms with Crippen LogP contribution in [-0.4, -0.2) is 45.0 Å². The average molecular weight is 361 g/mol. The zero-order valence-corrected chi connectivity index (χ0v) is 15.5. The number of cyclic esters (lactones) is 1. The normalized spacial score (nSPS) is 18.9. The van der Waals surface area contributed by atoms with Gasteiger partial charge in [-0.2, -0.15) is 11.8 Å². The van der Waals surface area contributed by atoms with Crippen molar-refractivity contribution in [2.45, 2.75) is 83.3 Å². The Hall–Kier alpha value is -0.880. The molecule has 1 aliphatic rings. The molecule has 1 rings (SSSR count). The lowest BCUT2D eigenvalue weighted by atomic mass is 10.1. The first-order valence-electron chi connectivity index (χ1n) is 9.16. The van der Waals surface area contributed by atoms with E-state index in [1.807, 2.05) is 0 Å². The largest absolute Gasteiger partial charge is 0.505 e. The van der Waals surface area contributed by atoms with Gasteiger partial charge in [0.1, 0.15) is 6.10 Å². The van der Waals surface area contributed by atoms with Gasteiger partial charge in [0.25, 0.3) is 0 Å². The summed E-state index contributed by atoms with van der Waals surface area (Å²) in [6, 6.07) is 0. The molecule has 0 bridgehead atoms. The molecule has 0 aromatic heterocycles. The third-order valence-electron chi connectivity index (χ3n) is 4.22. The van der Waals surface area contributed by atoms with Gasteiger partial charge in [-0.3, -0.25) is 0 Å². The highest BCUT2D eigenvalue weighted by molar-refractivity contribution is 7.99. The second kappa shape index (κ2) is 12.5. The van der Waals surface area contributed by atoms with Gasteiger partial charge in [-0.05, 0) is 12.2 Å². The smallest absolute Gasteiger partial charge is 0.377 e. The van der Waals surface area contributed by atoms with Crippen molar-refractivity contribution in [1.29, 1.82) is 0 Å². The maximum atomic E-state index is 11.1. The fourth-order valence-corrected chi connectivity index (χ4v) is 3.70. The van der Waals surface area contributed by atoms with Crippen LogP contribution in [0.2, 0.25) is 0 Å². The molecule has 3 N–H and O–H groups in total. The molecule has 0 aromatic carbocycles. The van der Waals surface area contributed by atoms with Crippen LogP contribution < -0.4 is 0 Å². The number of hydrogen-bond acceptors (Lipinski definition) is 6. The van der Waals surface area contributed by atoms with Crippen molar-refractivity contribution >= 4 is 17.7 Å². The zero-order valence-electron chi connectivity index (χ0n) is 14.7. The molecule has 0 spiro atoms. The molecule has 0 saturated carbocycles. The van der Waals surface area contributed by atoms with E-state index in [4.69, 9.17) is 4.74 Å². The fourth-order valence-electron chi connectivity index (χ4n) is 2.71. The van der Waals surface area contributed by atoms with E-state index in [-0.39, 0.29) is 0 Å². The number of thioether (sulfide) groups is 1. The summed E-state index contributed by atoms with van der Waals surface area (Å²) in [5.74, 6) is -1.03. The molecule has 5 nitrogen and oxygen atoms in total. The van der Waals surface area contributed by atoms with Crippen LogP contribution in [-0.2, 0) is 9.53 Å². The molecule has 0 unspecified atom stereocenters. The first-order valence-corrected chi connectivity index (χ1v) is 10.3. The summed E-state index contributed by atoms with van der Waals surface area (Å²) in [6.45, 7) is 2.24. The predicted octanol–water partition coefficient (Wildman–Crippen LogP) is 4.25. The topological polar surface area (TPSA) is 87.0 Å². The van der Waals surface area contributed by atoms with Crippen LogP contribution in [0.4, 0.5) is 0 Å². The third kappa shape index (κ3) is 7.79. The molecule has 0 saturated heterocycles. The summed E-state index contributed by atoms with van der Waals surface area (Å²) in [4.78, 5) is 11.1. The van der Waals surface area contributed by atoms with Gasteiger partial charge in [0.15, 0.2) is 11.9 Å². The van der Waals surface area contributed by atoms with Gasteiger partial charge >= 0.3 is 5.97 Å². The van der Waals surface area contributed by atoms with Gasteiger partial charge < -0.3 is 20.1 Å². The summed E-state index contributed by atoms with van der Waals surface area (Å²) in [5.41, 5.74) is 0. The lowest BCUT2D eigenvalue weighted by Gasteiger charge is -2.16. The molecular formula is C18H32O5S. The van der Waals surface area contributed by atoms with Crippen molar-refractivity contribution in [2.75, 3.05) is 11.5 Å². The molecule has 24 heavy (non-hydrogen) atoms. The van der Waals surface area contributed by atoms with E-state index in [1.165, 1.54) is 57.8 Å². The van der Waals surface area contributed by atoms with Crippen LogP contribution in [0.3, 0.4) is 0 Å². The van der Waals surface area contributed by atoms with Crippen molar-refractivity contribution in [3.8, 4) is 0 Å². The molecule has 1 heterocycles. The molecule has 2 atom stereocenters. The van der Waals surface area contributed by atoms with Crippen LogP contribution in [0.1, 0.15) is 71.1 Å². The van der Waals surface area contributed by atoms with E-state index < -0.39 is 29.7 Å². The maximum absolute atomic E-state index is 11.1. The summed E-state index contributed by atoms with van der Waals surface area (Å²) in [6.07, 6.45) is 10.8.